The highest BCUT2D eigenvalue weighted by Gasteiger charge is 2.05. The second-order valence-electron chi connectivity index (χ2n) is 2.61. The monoisotopic (exact) mass is 147 g/mol. The van der Waals surface area contributed by atoms with Crippen LogP contribution in [0, 0.1) is 0 Å². The topological polar surface area (TPSA) is 20.3 Å². The summed E-state index contributed by atoms with van der Waals surface area (Å²) in [5.74, 6) is -0.00972. The highest BCUT2D eigenvalue weighted by atomic mass is 19.1. The second-order valence-corrected chi connectivity index (χ2v) is 2.61. The van der Waals surface area contributed by atoms with Gasteiger partial charge in [0.05, 0.1) is 6.17 Å². The average Bonchev–Trinajstić information content (AvgIpc) is 1.82. The number of hydrogen-bond donors (Lipinski definition) is 0. The number of hydrogen-bond acceptors (Lipinski definition) is 1. The minimum absolute atomic E-state index is 0.00972. The van der Waals surface area contributed by atoms with Crippen LogP contribution in [-0.2, 0) is 4.79 Å². The van der Waals surface area contributed by atoms with Crippen LogP contribution in [0.4, 0.5) is 4.39 Å². The van der Waals surface area contributed by atoms with Gasteiger partial charge in [-0.25, -0.2) is 4.39 Å². The molecular weight excluding hydrogens is 133 g/mol. The van der Waals surface area contributed by atoms with Gasteiger partial charge in [-0.15, -0.1) is 0 Å². The van der Waals surface area contributed by atoms with Crippen molar-refractivity contribution in [1.82, 2.24) is 4.90 Å². The molecule has 0 heterocycles. The molecule has 0 saturated carbocycles. The van der Waals surface area contributed by atoms with Gasteiger partial charge in [0.2, 0.25) is 5.91 Å². The van der Waals surface area contributed by atoms with E-state index in [-0.39, 0.29) is 5.91 Å². The lowest BCUT2D eigenvalue weighted by atomic mass is 10.2. The molecule has 0 fully saturated rings. The van der Waals surface area contributed by atoms with Crippen LogP contribution in [0.15, 0.2) is 0 Å². The van der Waals surface area contributed by atoms with Gasteiger partial charge >= 0.3 is 0 Å². The van der Waals surface area contributed by atoms with Gasteiger partial charge in [-0.05, 0) is 13.3 Å². The number of carbonyl (C=O) groups excluding carboxylic acids is 1. The standard InChI is InChI=1S/C7H14FNO/c1-6(8)4-5-7(10)9(2)3/h6H,4-5H2,1-3H3/t6-/m0/s1. The predicted molar refractivity (Wildman–Crippen MR) is 38.5 cm³/mol. The van der Waals surface area contributed by atoms with E-state index in [0.29, 0.717) is 12.8 Å². The third-order valence-electron chi connectivity index (χ3n) is 1.25. The van der Waals surface area contributed by atoms with Gasteiger partial charge < -0.3 is 4.90 Å². The first-order chi connectivity index (χ1) is 4.54. The summed E-state index contributed by atoms with van der Waals surface area (Å²) in [5, 5.41) is 0. The normalized spacial score (nSPS) is 12.8. The van der Waals surface area contributed by atoms with E-state index < -0.39 is 6.17 Å². The van der Waals surface area contributed by atoms with Gasteiger partial charge in [-0.3, -0.25) is 4.79 Å². The molecule has 0 aromatic rings. The second kappa shape index (κ2) is 4.25. The van der Waals surface area contributed by atoms with Crippen molar-refractivity contribution in [2.24, 2.45) is 0 Å². The number of nitrogens with zero attached hydrogens (tertiary/aromatic N) is 1. The molecule has 0 radical (unpaired) electrons. The Bertz CT molecular complexity index is 112. The van der Waals surface area contributed by atoms with Crippen molar-refractivity contribution in [3.8, 4) is 0 Å². The van der Waals surface area contributed by atoms with Crippen molar-refractivity contribution in [2.45, 2.75) is 25.9 Å². The van der Waals surface area contributed by atoms with Gasteiger partial charge in [0, 0.05) is 20.5 Å². The maximum atomic E-state index is 12.2. The maximum Gasteiger partial charge on any atom is 0.222 e. The number of carbonyl (C=O) groups is 1. The Kier molecular flexibility index (Phi) is 4.00. The molecule has 0 unspecified atom stereocenters. The molecule has 0 N–H and O–H groups in total. The van der Waals surface area contributed by atoms with Gasteiger partial charge in [0.25, 0.3) is 0 Å². The molecule has 0 rings (SSSR count). The SMILES string of the molecule is C[C@H](F)CCC(=O)N(C)C. The summed E-state index contributed by atoms with van der Waals surface area (Å²) in [6.07, 6.45) is -0.231. The Balaban J connectivity index is 3.40. The fraction of sp³-hybridized carbons (Fsp3) is 0.857. The first-order valence-electron chi connectivity index (χ1n) is 3.38. The summed E-state index contributed by atoms with van der Waals surface area (Å²) in [4.78, 5) is 12.3. The van der Waals surface area contributed by atoms with E-state index in [2.05, 4.69) is 0 Å². The lowest BCUT2D eigenvalue weighted by molar-refractivity contribution is -0.129. The van der Waals surface area contributed by atoms with Crippen molar-refractivity contribution in [3.05, 3.63) is 0 Å². The number of amides is 1. The van der Waals surface area contributed by atoms with Crippen molar-refractivity contribution < 1.29 is 9.18 Å². The van der Waals surface area contributed by atoms with Gasteiger partial charge in [0.1, 0.15) is 0 Å². The molecule has 1 amide bonds. The molecule has 0 bridgehead atoms. The Morgan fingerprint density at radius 1 is 1.60 bits per heavy atom. The Labute approximate surface area is 61.0 Å². The van der Waals surface area contributed by atoms with Crippen LogP contribution in [0.2, 0.25) is 0 Å². The molecule has 2 nitrogen and oxygen atoms in total. The van der Waals surface area contributed by atoms with E-state index in [4.69, 9.17) is 0 Å². The fourth-order valence-corrected chi connectivity index (χ4v) is 0.546. The lowest BCUT2D eigenvalue weighted by Gasteiger charge is -2.09. The highest BCUT2D eigenvalue weighted by molar-refractivity contribution is 5.75. The average molecular weight is 147 g/mol. The summed E-state index contributed by atoms with van der Waals surface area (Å²) < 4.78 is 12.2. The highest BCUT2D eigenvalue weighted by Crippen LogP contribution is 2.01. The summed E-state index contributed by atoms with van der Waals surface area (Å²) in [7, 11) is 3.34. The number of rotatable bonds is 3. The van der Waals surface area contributed by atoms with Crippen LogP contribution < -0.4 is 0 Å². The van der Waals surface area contributed by atoms with Crippen molar-refractivity contribution in [3.63, 3.8) is 0 Å². The zero-order valence-electron chi connectivity index (χ0n) is 6.72. The lowest BCUT2D eigenvalue weighted by Crippen LogP contribution is -2.21. The summed E-state index contributed by atoms with van der Waals surface area (Å²) in [6.45, 7) is 1.46. The third-order valence-corrected chi connectivity index (χ3v) is 1.25. The van der Waals surface area contributed by atoms with E-state index >= 15 is 0 Å². The largest absolute Gasteiger partial charge is 0.349 e. The minimum Gasteiger partial charge on any atom is -0.349 e. The van der Waals surface area contributed by atoms with Crippen molar-refractivity contribution >= 4 is 5.91 Å². The van der Waals surface area contributed by atoms with Gasteiger partial charge in [-0.2, -0.15) is 0 Å². The number of alkyl halides is 1. The van der Waals surface area contributed by atoms with E-state index in [1.165, 1.54) is 11.8 Å². The Morgan fingerprint density at radius 2 is 2.10 bits per heavy atom. The van der Waals surface area contributed by atoms with Gasteiger partial charge in [-0.1, -0.05) is 0 Å². The molecule has 0 aromatic carbocycles. The van der Waals surface area contributed by atoms with E-state index in [0.717, 1.165) is 0 Å². The molecule has 3 heteroatoms. The summed E-state index contributed by atoms with van der Waals surface area (Å²) >= 11 is 0. The Hall–Kier alpha value is -0.600. The van der Waals surface area contributed by atoms with Crippen LogP contribution in [0.25, 0.3) is 0 Å². The zero-order chi connectivity index (χ0) is 8.15. The first kappa shape index (κ1) is 9.40. The summed E-state index contributed by atoms with van der Waals surface area (Å²) in [6, 6.07) is 0. The van der Waals surface area contributed by atoms with E-state index in [1.54, 1.807) is 14.1 Å². The minimum atomic E-state index is -0.871. The van der Waals surface area contributed by atoms with Gasteiger partial charge in [0.15, 0.2) is 0 Å². The zero-order valence-corrected chi connectivity index (χ0v) is 6.72. The van der Waals surface area contributed by atoms with Crippen LogP contribution in [0.5, 0.6) is 0 Å². The van der Waals surface area contributed by atoms with Crippen molar-refractivity contribution in [2.75, 3.05) is 14.1 Å². The van der Waals surface area contributed by atoms with Crippen LogP contribution in [0.3, 0.4) is 0 Å². The molecule has 0 aliphatic carbocycles. The molecule has 0 spiro atoms. The molecule has 0 aliphatic heterocycles. The van der Waals surface area contributed by atoms with Crippen LogP contribution >= 0.6 is 0 Å². The first-order valence-corrected chi connectivity index (χ1v) is 3.38. The molecular formula is C7H14FNO. The molecule has 0 aromatic heterocycles. The summed E-state index contributed by atoms with van der Waals surface area (Å²) in [5.41, 5.74) is 0. The van der Waals surface area contributed by atoms with Crippen molar-refractivity contribution in [1.29, 1.82) is 0 Å². The van der Waals surface area contributed by atoms with E-state index in [9.17, 15) is 9.18 Å². The predicted octanol–water partition coefficient (Wildman–Crippen LogP) is 1.21. The smallest absolute Gasteiger partial charge is 0.222 e. The van der Waals surface area contributed by atoms with E-state index in [1.807, 2.05) is 0 Å². The molecule has 10 heavy (non-hydrogen) atoms. The molecule has 1 atom stereocenters. The molecule has 0 saturated heterocycles. The third kappa shape index (κ3) is 4.30. The van der Waals surface area contributed by atoms with Crippen LogP contribution in [0.1, 0.15) is 19.8 Å². The van der Waals surface area contributed by atoms with Crippen LogP contribution in [-0.4, -0.2) is 31.1 Å². The molecule has 0 aliphatic rings. The maximum absolute atomic E-state index is 12.2. The Morgan fingerprint density at radius 3 is 2.40 bits per heavy atom. The number of halogens is 1. The fourth-order valence-electron chi connectivity index (χ4n) is 0.546. The molecule has 60 valence electrons. The quantitative estimate of drug-likeness (QED) is 0.587.